The maximum atomic E-state index is 12.7. The van der Waals surface area contributed by atoms with Crippen molar-refractivity contribution >= 4 is 35.8 Å². The molecule has 1 aliphatic heterocycles. The first-order chi connectivity index (χ1) is 12.9. The number of rotatable bonds is 6. The molecule has 1 aromatic rings. The van der Waals surface area contributed by atoms with Crippen molar-refractivity contribution in [1.82, 2.24) is 15.5 Å². The Morgan fingerprint density at radius 1 is 1.29 bits per heavy atom. The molecule has 0 aliphatic carbocycles. The minimum Gasteiger partial charge on any atom is -0.383 e. The highest BCUT2D eigenvalue weighted by molar-refractivity contribution is 14.0. The molecule has 2 rings (SSSR count). The van der Waals surface area contributed by atoms with Gasteiger partial charge in [0.25, 0.3) is 5.91 Å². The number of aliphatic imine (C=N–C) groups is 1. The molecule has 1 fully saturated rings. The molecule has 1 aromatic carbocycles. The van der Waals surface area contributed by atoms with Gasteiger partial charge in [0, 0.05) is 45.4 Å². The van der Waals surface area contributed by atoms with Gasteiger partial charge in [0.2, 0.25) is 0 Å². The first-order valence-corrected chi connectivity index (χ1v) is 9.42. The van der Waals surface area contributed by atoms with E-state index in [-0.39, 0.29) is 48.1 Å². The molecule has 0 radical (unpaired) electrons. The van der Waals surface area contributed by atoms with Crippen molar-refractivity contribution in [3.8, 4) is 0 Å². The van der Waals surface area contributed by atoms with Crippen LogP contribution in [-0.4, -0.2) is 68.9 Å². The number of hydrogen-bond donors (Lipinski definition) is 2. The summed E-state index contributed by atoms with van der Waals surface area (Å²) in [5, 5.41) is 6.53. The highest BCUT2D eigenvalue weighted by Crippen LogP contribution is 2.15. The molecule has 2 N–H and O–H groups in total. The Morgan fingerprint density at radius 2 is 1.89 bits per heavy atom. The second-order valence-electron chi connectivity index (χ2n) is 7.09. The van der Waals surface area contributed by atoms with E-state index < -0.39 is 0 Å². The summed E-state index contributed by atoms with van der Waals surface area (Å²) < 4.78 is 10.8. The van der Waals surface area contributed by atoms with E-state index in [9.17, 15) is 4.79 Å². The summed E-state index contributed by atoms with van der Waals surface area (Å²) in [6.07, 6.45) is 0.141. The van der Waals surface area contributed by atoms with Gasteiger partial charge >= 0.3 is 0 Å². The van der Waals surface area contributed by atoms with E-state index in [4.69, 9.17) is 9.47 Å². The lowest BCUT2D eigenvalue weighted by Crippen LogP contribution is -2.48. The first kappa shape index (κ1) is 24.6. The molecule has 1 amide bonds. The van der Waals surface area contributed by atoms with Crippen LogP contribution in [0.2, 0.25) is 0 Å². The third-order valence-corrected chi connectivity index (χ3v) is 4.39. The normalized spacial score (nSPS) is 20.9. The Kier molecular flexibility index (Phi) is 10.8. The zero-order valence-electron chi connectivity index (χ0n) is 17.4. The van der Waals surface area contributed by atoms with Gasteiger partial charge in [0.1, 0.15) is 0 Å². The van der Waals surface area contributed by atoms with Gasteiger partial charge in [0.15, 0.2) is 5.96 Å². The molecule has 0 bridgehead atoms. The van der Waals surface area contributed by atoms with Crippen LogP contribution < -0.4 is 10.6 Å². The number of methoxy groups -OCH3 is 1. The first-order valence-electron chi connectivity index (χ1n) is 9.42. The van der Waals surface area contributed by atoms with Crippen molar-refractivity contribution in [3.05, 3.63) is 35.4 Å². The van der Waals surface area contributed by atoms with Gasteiger partial charge in [-0.05, 0) is 38.5 Å². The lowest BCUT2D eigenvalue weighted by molar-refractivity contribution is -0.0586. The summed E-state index contributed by atoms with van der Waals surface area (Å²) in [6.45, 7) is 8.53. The minimum atomic E-state index is 0. The third-order valence-electron chi connectivity index (χ3n) is 4.39. The van der Waals surface area contributed by atoms with E-state index in [2.05, 4.69) is 15.6 Å². The van der Waals surface area contributed by atoms with E-state index in [1.54, 1.807) is 14.2 Å². The van der Waals surface area contributed by atoms with Crippen molar-refractivity contribution < 1.29 is 14.3 Å². The van der Waals surface area contributed by atoms with E-state index in [1.807, 2.05) is 49.9 Å². The summed E-state index contributed by atoms with van der Waals surface area (Å²) in [5.74, 6) is 0.776. The van der Waals surface area contributed by atoms with Gasteiger partial charge in [-0.15, -0.1) is 24.0 Å². The average Bonchev–Trinajstić information content (AvgIpc) is 2.64. The summed E-state index contributed by atoms with van der Waals surface area (Å²) in [6, 6.07) is 7.88. The fourth-order valence-corrected chi connectivity index (χ4v) is 3.20. The highest BCUT2D eigenvalue weighted by atomic mass is 127. The fourth-order valence-electron chi connectivity index (χ4n) is 3.20. The molecule has 28 heavy (non-hydrogen) atoms. The van der Waals surface area contributed by atoms with E-state index >= 15 is 0 Å². The maximum absolute atomic E-state index is 12.7. The van der Waals surface area contributed by atoms with Gasteiger partial charge in [-0.3, -0.25) is 9.79 Å². The van der Waals surface area contributed by atoms with Crippen LogP contribution in [0.4, 0.5) is 0 Å². The molecule has 0 saturated carbocycles. The smallest absolute Gasteiger partial charge is 0.254 e. The average molecular weight is 504 g/mol. The van der Waals surface area contributed by atoms with Crippen LogP contribution in [0.3, 0.4) is 0 Å². The van der Waals surface area contributed by atoms with E-state index in [1.165, 1.54) is 0 Å². The second-order valence-corrected chi connectivity index (χ2v) is 7.09. The lowest BCUT2D eigenvalue weighted by Gasteiger charge is -2.35. The van der Waals surface area contributed by atoms with Crippen LogP contribution in [0.15, 0.2) is 29.3 Å². The monoisotopic (exact) mass is 504 g/mol. The number of morpholine rings is 1. The van der Waals surface area contributed by atoms with Crippen LogP contribution in [0.5, 0.6) is 0 Å². The number of carbonyl (C=O) groups excluding carboxylic acids is 1. The Balaban J connectivity index is 0.00000392. The lowest BCUT2D eigenvalue weighted by atomic mass is 10.1. The predicted octanol–water partition coefficient (Wildman–Crippen LogP) is 2.25. The van der Waals surface area contributed by atoms with Crippen molar-refractivity contribution in [1.29, 1.82) is 0 Å². The topological polar surface area (TPSA) is 75.2 Å². The van der Waals surface area contributed by atoms with Crippen LogP contribution in [0, 0.1) is 0 Å². The molecule has 8 heteroatoms. The standard InChI is InChI=1S/C20H32N4O3.HI/c1-14(13-26-5)23-20(21-4)22-10-17-6-8-18(9-7-17)19(25)24-11-15(2)27-16(3)12-24;/h6-9,14-16H,10-13H2,1-5H3,(H2,21,22,23);1H. The second kappa shape index (κ2) is 12.2. The number of benzene rings is 1. The summed E-state index contributed by atoms with van der Waals surface area (Å²) in [7, 11) is 3.41. The zero-order chi connectivity index (χ0) is 19.8. The number of halogens is 1. The molecule has 3 atom stereocenters. The zero-order valence-corrected chi connectivity index (χ0v) is 19.7. The van der Waals surface area contributed by atoms with Gasteiger partial charge in [-0.1, -0.05) is 12.1 Å². The number of ether oxygens (including phenoxy) is 2. The summed E-state index contributed by atoms with van der Waals surface area (Å²) >= 11 is 0. The molecule has 7 nitrogen and oxygen atoms in total. The summed E-state index contributed by atoms with van der Waals surface area (Å²) in [4.78, 5) is 18.8. The van der Waals surface area contributed by atoms with Gasteiger partial charge in [0.05, 0.1) is 18.8 Å². The van der Waals surface area contributed by atoms with Crippen LogP contribution >= 0.6 is 24.0 Å². The molecule has 158 valence electrons. The van der Waals surface area contributed by atoms with Crippen molar-refractivity contribution in [2.75, 3.05) is 33.9 Å². The van der Waals surface area contributed by atoms with Crippen molar-refractivity contribution in [3.63, 3.8) is 0 Å². The van der Waals surface area contributed by atoms with Crippen LogP contribution in [0.1, 0.15) is 36.7 Å². The quantitative estimate of drug-likeness (QED) is 0.353. The molecule has 1 saturated heterocycles. The molecule has 1 heterocycles. The Morgan fingerprint density at radius 3 is 2.43 bits per heavy atom. The molecular weight excluding hydrogens is 471 g/mol. The van der Waals surface area contributed by atoms with E-state index in [0.717, 1.165) is 11.5 Å². The molecular formula is C20H33IN4O3. The molecule has 3 unspecified atom stereocenters. The van der Waals surface area contributed by atoms with Gasteiger partial charge < -0.3 is 25.0 Å². The largest absolute Gasteiger partial charge is 0.383 e. The number of hydrogen-bond acceptors (Lipinski definition) is 4. The Hall–Kier alpha value is -1.39. The van der Waals surface area contributed by atoms with Crippen LogP contribution in [0.25, 0.3) is 0 Å². The Bertz CT molecular complexity index is 629. The number of amides is 1. The van der Waals surface area contributed by atoms with Crippen molar-refractivity contribution in [2.24, 2.45) is 4.99 Å². The SMILES string of the molecule is CN=C(NCc1ccc(C(=O)N2CC(C)OC(C)C2)cc1)NC(C)COC.I. The third kappa shape index (κ3) is 7.56. The van der Waals surface area contributed by atoms with Gasteiger partial charge in [-0.25, -0.2) is 0 Å². The molecule has 0 aromatic heterocycles. The number of nitrogens with zero attached hydrogens (tertiary/aromatic N) is 2. The van der Waals surface area contributed by atoms with Crippen molar-refractivity contribution in [2.45, 2.75) is 45.6 Å². The summed E-state index contributed by atoms with van der Waals surface area (Å²) in [5.41, 5.74) is 1.79. The van der Waals surface area contributed by atoms with Crippen LogP contribution in [-0.2, 0) is 16.0 Å². The molecule has 0 spiro atoms. The predicted molar refractivity (Wildman–Crippen MR) is 122 cm³/mol. The number of carbonyl (C=O) groups is 1. The number of guanidine groups is 1. The maximum Gasteiger partial charge on any atom is 0.254 e. The number of nitrogens with one attached hydrogen (secondary N) is 2. The molecule has 1 aliphatic rings. The van der Waals surface area contributed by atoms with Gasteiger partial charge in [-0.2, -0.15) is 0 Å². The Labute approximate surface area is 185 Å². The highest BCUT2D eigenvalue weighted by Gasteiger charge is 2.26. The fraction of sp³-hybridized carbons (Fsp3) is 0.600. The minimum absolute atomic E-state index is 0. The van der Waals surface area contributed by atoms with E-state index in [0.29, 0.717) is 31.8 Å².